The third-order valence-electron chi connectivity index (χ3n) is 5.28. The molecule has 12 heteroatoms. The Bertz CT molecular complexity index is 1190. The van der Waals surface area contributed by atoms with E-state index in [1.54, 1.807) is 26.4 Å². The minimum absolute atomic E-state index is 0. The normalized spacial score (nSPS) is 11.1. The van der Waals surface area contributed by atoms with Crippen LogP contribution >= 0.6 is 23.9 Å². The molecule has 1 amide bonds. The summed E-state index contributed by atoms with van der Waals surface area (Å²) in [5.74, 6) is 0.388. The first-order valence-electron chi connectivity index (χ1n) is 10.5. The molecule has 0 bridgehead atoms. The van der Waals surface area contributed by atoms with Gasteiger partial charge in [0.05, 0.1) is 45.9 Å². The molecule has 0 spiro atoms. The van der Waals surface area contributed by atoms with Gasteiger partial charge in [0.1, 0.15) is 5.75 Å². The fourth-order valence-corrected chi connectivity index (χ4v) is 4.19. The van der Waals surface area contributed by atoms with Crippen LogP contribution in [0.5, 0.6) is 23.0 Å². The van der Waals surface area contributed by atoms with E-state index in [2.05, 4.69) is 9.69 Å². The van der Waals surface area contributed by atoms with Gasteiger partial charge in [-0.15, -0.1) is 12.4 Å². The van der Waals surface area contributed by atoms with Crippen molar-refractivity contribution in [2.24, 2.45) is 5.73 Å². The summed E-state index contributed by atoms with van der Waals surface area (Å²) in [6.45, 7) is 0. The topological polar surface area (TPSA) is 142 Å². The van der Waals surface area contributed by atoms with Crippen LogP contribution in [0.3, 0.4) is 0 Å². The number of rotatable bonds is 11. The maximum Gasteiger partial charge on any atom is 0.303 e. The second-order valence-electron chi connectivity index (χ2n) is 7.43. The van der Waals surface area contributed by atoms with Gasteiger partial charge in [0, 0.05) is 22.9 Å². The lowest BCUT2D eigenvalue weighted by atomic mass is 10.0. The number of carboxylic acid groups (broad SMARTS) is 1. The Kier molecular flexibility index (Phi) is 10.3. The molecule has 0 radical (unpaired) electrons. The first-order valence-corrected chi connectivity index (χ1v) is 11.4. The number of methoxy groups -OCH3 is 4. The summed E-state index contributed by atoms with van der Waals surface area (Å²) in [5, 5.41) is 13.5. The van der Waals surface area contributed by atoms with Gasteiger partial charge in [-0.25, -0.2) is 0 Å². The molecule has 1 atom stereocenters. The molecular formula is C24H28ClN3O7S. The van der Waals surface area contributed by atoms with E-state index in [-0.39, 0.29) is 25.2 Å². The molecule has 3 rings (SSSR count). The number of amides is 1. The van der Waals surface area contributed by atoms with Crippen molar-refractivity contribution in [2.45, 2.75) is 18.9 Å². The minimum Gasteiger partial charge on any atom is -0.495 e. The zero-order valence-corrected chi connectivity index (χ0v) is 21.8. The molecular weight excluding hydrogens is 510 g/mol. The van der Waals surface area contributed by atoms with E-state index in [4.69, 9.17) is 29.8 Å². The van der Waals surface area contributed by atoms with Crippen molar-refractivity contribution in [3.63, 3.8) is 0 Å². The molecule has 36 heavy (non-hydrogen) atoms. The van der Waals surface area contributed by atoms with Crippen LogP contribution in [0, 0.1) is 0 Å². The predicted molar refractivity (Wildman–Crippen MR) is 140 cm³/mol. The molecule has 2 aromatic carbocycles. The molecule has 0 aliphatic carbocycles. The molecule has 0 saturated heterocycles. The lowest BCUT2D eigenvalue weighted by molar-refractivity contribution is -0.137. The van der Waals surface area contributed by atoms with Crippen molar-refractivity contribution in [3.05, 3.63) is 35.7 Å². The average molecular weight is 538 g/mol. The van der Waals surface area contributed by atoms with Crippen LogP contribution in [0.15, 0.2) is 35.7 Å². The first kappa shape index (κ1) is 28.7. The smallest absolute Gasteiger partial charge is 0.303 e. The Labute approximate surface area is 218 Å². The van der Waals surface area contributed by atoms with E-state index < -0.39 is 17.9 Å². The molecule has 0 aliphatic rings. The van der Waals surface area contributed by atoms with Crippen LogP contribution in [0.4, 0.5) is 5.69 Å². The number of aliphatic carboxylic acids is 1. The van der Waals surface area contributed by atoms with Crippen molar-refractivity contribution in [3.8, 4) is 45.4 Å². The number of nitrogens with one attached hydrogen (secondary N) is 1. The van der Waals surface area contributed by atoms with Crippen molar-refractivity contribution < 1.29 is 33.6 Å². The molecule has 1 aromatic heterocycles. The van der Waals surface area contributed by atoms with Crippen molar-refractivity contribution in [1.82, 2.24) is 4.37 Å². The average Bonchev–Trinajstić information content (AvgIpc) is 3.36. The summed E-state index contributed by atoms with van der Waals surface area (Å²) in [6, 6.07) is 7.98. The number of nitrogens with two attached hydrogens (primary N) is 1. The summed E-state index contributed by atoms with van der Waals surface area (Å²) in [4.78, 5) is 23.3. The SMILES string of the molecule is COc1ccc(-c2csnc2-c2cc(OC)c(OC)c(OC)c2)cc1NC(=O)C(N)CCC(=O)O.Cl. The summed E-state index contributed by atoms with van der Waals surface area (Å²) in [6.07, 6.45) is -0.187. The van der Waals surface area contributed by atoms with E-state index in [0.717, 1.165) is 16.7 Å². The number of ether oxygens (including phenoxy) is 4. The summed E-state index contributed by atoms with van der Waals surface area (Å²) in [5.41, 5.74) is 9.30. The van der Waals surface area contributed by atoms with E-state index in [0.29, 0.717) is 34.4 Å². The molecule has 0 aliphatic heterocycles. The van der Waals surface area contributed by atoms with Crippen molar-refractivity contribution >= 4 is 41.5 Å². The second kappa shape index (κ2) is 13.0. The lowest BCUT2D eigenvalue weighted by Crippen LogP contribution is -2.36. The first-order chi connectivity index (χ1) is 16.8. The van der Waals surface area contributed by atoms with Crippen LogP contribution in [-0.2, 0) is 9.59 Å². The molecule has 3 aromatic rings. The zero-order chi connectivity index (χ0) is 25.5. The van der Waals surface area contributed by atoms with Crippen LogP contribution in [0.1, 0.15) is 12.8 Å². The molecule has 1 heterocycles. The summed E-state index contributed by atoms with van der Waals surface area (Å²) >= 11 is 1.28. The number of carbonyl (C=O) groups excluding carboxylic acids is 1. The number of anilines is 1. The van der Waals surface area contributed by atoms with Gasteiger partial charge in [-0.1, -0.05) is 6.07 Å². The van der Waals surface area contributed by atoms with Crippen LogP contribution < -0.4 is 30.0 Å². The fraction of sp³-hybridized carbons (Fsp3) is 0.292. The third kappa shape index (κ3) is 6.36. The molecule has 1 unspecified atom stereocenters. The number of carbonyl (C=O) groups is 2. The highest BCUT2D eigenvalue weighted by atomic mass is 35.5. The maximum atomic E-state index is 12.5. The number of hydrogen-bond donors (Lipinski definition) is 3. The Morgan fingerprint density at radius 3 is 2.19 bits per heavy atom. The summed E-state index contributed by atoms with van der Waals surface area (Å²) < 4.78 is 26.3. The third-order valence-corrected chi connectivity index (χ3v) is 5.91. The second-order valence-corrected chi connectivity index (χ2v) is 8.06. The van der Waals surface area contributed by atoms with Gasteiger partial charge in [-0.05, 0) is 47.8 Å². The lowest BCUT2D eigenvalue weighted by Gasteiger charge is -2.16. The highest BCUT2D eigenvalue weighted by Crippen LogP contribution is 2.44. The van der Waals surface area contributed by atoms with Gasteiger partial charge in [0.2, 0.25) is 11.7 Å². The Balaban J connectivity index is 0.00000456. The number of carboxylic acids is 1. The van der Waals surface area contributed by atoms with Gasteiger partial charge >= 0.3 is 5.97 Å². The Morgan fingerprint density at radius 2 is 1.64 bits per heavy atom. The summed E-state index contributed by atoms with van der Waals surface area (Å²) in [7, 11) is 6.11. The maximum absolute atomic E-state index is 12.5. The zero-order valence-electron chi connectivity index (χ0n) is 20.2. The number of hydrogen-bond acceptors (Lipinski definition) is 9. The quantitative estimate of drug-likeness (QED) is 0.330. The van der Waals surface area contributed by atoms with E-state index in [9.17, 15) is 9.59 Å². The molecule has 0 fully saturated rings. The Hall–Kier alpha value is -3.54. The van der Waals surface area contributed by atoms with E-state index >= 15 is 0 Å². The van der Waals surface area contributed by atoms with E-state index in [1.165, 1.54) is 25.8 Å². The molecule has 0 saturated carbocycles. The van der Waals surface area contributed by atoms with Gasteiger partial charge in [-0.3, -0.25) is 9.59 Å². The van der Waals surface area contributed by atoms with Crippen molar-refractivity contribution in [2.75, 3.05) is 33.8 Å². The fourth-order valence-electron chi connectivity index (χ4n) is 3.48. The number of halogens is 1. The van der Waals surface area contributed by atoms with Crippen LogP contribution in [0.25, 0.3) is 22.4 Å². The standard InChI is InChI=1S/C24H27N3O7S.ClH/c1-31-18-7-5-13(9-17(18)26-24(30)16(25)6-8-21(28)29)15-12-35-27-22(15)14-10-19(32-2)23(34-4)20(11-14)33-3;/h5,7,9-12,16H,6,8,25H2,1-4H3,(H,26,30)(H,28,29);1H. The number of nitrogens with zero attached hydrogens (tertiary/aromatic N) is 1. The predicted octanol–water partition coefficient (Wildman–Crippen LogP) is 4.06. The van der Waals surface area contributed by atoms with Gasteiger partial charge in [0.25, 0.3) is 0 Å². The van der Waals surface area contributed by atoms with Gasteiger partial charge < -0.3 is 35.1 Å². The Morgan fingerprint density at radius 1 is 1.00 bits per heavy atom. The largest absolute Gasteiger partial charge is 0.495 e. The monoisotopic (exact) mass is 537 g/mol. The minimum atomic E-state index is -1.02. The van der Waals surface area contributed by atoms with Gasteiger partial charge in [-0.2, -0.15) is 4.37 Å². The number of aromatic nitrogens is 1. The van der Waals surface area contributed by atoms with Crippen LogP contribution in [-0.4, -0.2) is 55.8 Å². The molecule has 10 nitrogen and oxygen atoms in total. The van der Waals surface area contributed by atoms with Crippen LogP contribution in [0.2, 0.25) is 0 Å². The van der Waals surface area contributed by atoms with E-state index in [1.807, 2.05) is 23.6 Å². The molecule has 4 N–H and O–H groups in total. The van der Waals surface area contributed by atoms with Crippen molar-refractivity contribution in [1.29, 1.82) is 0 Å². The van der Waals surface area contributed by atoms with Gasteiger partial charge in [0.15, 0.2) is 11.5 Å². The highest BCUT2D eigenvalue weighted by molar-refractivity contribution is 7.04. The highest BCUT2D eigenvalue weighted by Gasteiger charge is 2.20. The number of benzene rings is 2. The molecule has 194 valence electrons.